The van der Waals surface area contributed by atoms with Crippen molar-refractivity contribution in [2.24, 2.45) is 4.99 Å². The van der Waals surface area contributed by atoms with Crippen LogP contribution in [0.4, 0.5) is 5.69 Å². The third-order valence-electron chi connectivity index (χ3n) is 4.31. The van der Waals surface area contributed by atoms with Crippen molar-refractivity contribution in [3.8, 4) is 0 Å². The second-order valence-electron chi connectivity index (χ2n) is 6.54. The van der Waals surface area contributed by atoms with Crippen LogP contribution in [0.2, 0.25) is 0 Å². The molecule has 156 valence electrons. The Morgan fingerprint density at radius 2 is 1.67 bits per heavy atom. The monoisotopic (exact) mass is 491 g/mol. The molecule has 0 aliphatic rings. The van der Waals surface area contributed by atoms with E-state index in [1.165, 1.54) is 5.69 Å². The summed E-state index contributed by atoms with van der Waals surface area (Å²) in [5.74, 6) is 0.881. The van der Waals surface area contributed by atoms with Gasteiger partial charge < -0.3 is 25.2 Å². The fourth-order valence-electron chi connectivity index (χ4n) is 2.67. The highest BCUT2D eigenvalue weighted by Gasteiger charge is 2.02. The topological polar surface area (TPSA) is 52.1 Å². The summed E-state index contributed by atoms with van der Waals surface area (Å²) in [5.41, 5.74) is 1.27. The number of ether oxygens (including phenoxy) is 1. The zero-order valence-electron chi connectivity index (χ0n) is 17.4. The molecule has 0 aliphatic heterocycles. The number of unbranched alkanes of at least 4 members (excludes halogenated alkanes) is 1. The molecule has 0 radical (unpaired) electrons. The van der Waals surface area contributed by atoms with Crippen LogP contribution in [0.25, 0.3) is 0 Å². The van der Waals surface area contributed by atoms with Gasteiger partial charge in [-0.3, -0.25) is 4.99 Å². The number of benzene rings is 1. The molecule has 2 N–H and O–H groups in total. The van der Waals surface area contributed by atoms with E-state index in [1.807, 2.05) is 7.05 Å². The number of guanidine groups is 1. The van der Waals surface area contributed by atoms with E-state index in [4.69, 9.17) is 4.74 Å². The van der Waals surface area contributed by atoms with E-state index in [1.54, 1.807) is 7.11 Å². The lowest BCUT2D eigenvalue weighted by Crippen LogP contribution is -2.41. The fourth-order valence-corrected chi connectivity index (χ4v) is 2.67. The number of hydrogen-bond acceptors (Lipinski definition) is 4. The Labute approximate surface area is 182 Å². The molecule has 0 bridgehead atoms. The summed E-state index contributed by atoms with van der Waals surface area (Å²) >= 11 is 0. The average Bonchev–Trinajstić information content (AvgIpc) is 2.67. The molecule has 1 aromatic carbocycles. The number of nitrogens with zero attached hydrogens (tertiary/aromatic N) is 3. The van der Waals surface area contributed by atoms with Crippen LogP contribution < -0.4 is 15.5 Å². The molecule has 0 amide bonds. The van der Waals surface area contributed by atoms with Crippen molar-refractivity contribution in [1.82, 2.24) is 15.5 Å². The molecule has 1 rings (SSSR count). The molecule has 1 aromatic rings. The summed E-state index contributed by atoms with van der Waals surface area (Å²) in [4.78, 5) is 8.89. The predicted molar refractivity (Wildman–Crippen MR) is 128 cm³/mol. The summed E-state index contributed by atoms with van der Waals surface area (Å²) < 4.78 is 5.08. The third kappa shape index (κ3) is 12.9. The molecule has 0 aromatic heterocycles. The van der Waals surface area contributed by atoms with E-state index in [0.717, 1.165) is 64.6 Å². The molecule has 0 atom stereocenters. The van der Waals surface area contributed by atoms with Gasteiger partial charge in [-0.25, -0.2) is 0 Å². The van der Waals surface area contributed by atoms with Crippen LogP contribution in [0.15, 0.2) is 35.3 Å². The van der Waals surface area contributed by atoms with Crippen LogP contribution in [-0.2, 0) is 4.74 Å². The standard InChI is InChI=1S/C20H37N5O.HI/c1-21-20(23-14-17-24(2)15-10-18-26-4)22-13-8-9-16-25(3)19-11-6-5-7-12-19;/h5-7,11-12H,8-10,13-18H2,1-4H3,(H2,21,22,23);1H. The van der Waals surface area contributed by atoms with E-state index >= 15 is 0 Å². The van der Waals surface area contributed by atoms with E-state index < -0.39 is 0 Å². The molecule has 0 heterocycles. The van der Waals surface area contributed by atoms with E-state index in [0.29, 0.717) is 0 Å². The minimum absolute atomic E-state index is 0. The van der Waals surface area contributed by atoms with Gasteiger partial charge in [-0.1, -0.05) is 18.2 Å². The number of halogens is 1. The maximum absolute atomic E-state index is 5.08. The summed E-state index contributed by atoms with van der Waals surface area (Å²) in [6.45, 7) is 5.75. The van der Waals surface area contributed by atoms with E-state index in [9.17, 15) is 0 Å². The molecule has 0 aliphatic carbocycles. The number of likely N-dealkylation sites (N-methyl/N-ethyl adjacent to an activating group) is 1. The maximum Gasteiger partial charge on any atom is 0.191 e. The largest absolute Gasteiger partial charge is 0.385 e. The molecule has 7 heteroatoms. The average molecular weight is 491 g/mol. The molecule has 0 saturated heterocycles. The van der Waals surface area contributed by atoms with Crippen molar-refractivity contribution in [3.63, 3.8) is 0 Å². The zero-order valence-corrected chi connectivity index (χ0v) is 19.7. The number of hydrogen-bond donors (Lipinski definition) is 2. The van der Waals surface area contributed by atoms with Gasteiger partial charge in [0.1, 0.15) is 0 Å². The molecule has 0 fully saturated rings. The molecule has 0 unspecified atom stereocenters. The van der Waals surface area contributed by atoms with Gasteiger partial charge in [0.25, 0.3) is 0 Å². The van der Waals surface area contributed by atoms with Crippen LogP contribution in [0.1, 0.15) is 19.3 Å². The number of aliphatic imine (C=N–C) groups is 1. The van der Waals surface area contributed by atoms with Crippen LogP contribution >= 0.6 is 24.0 Å². The normalized spacial score (nSPS) is 11.2. The van der Waals surface area contributed by atoms with Crippen molar-refractivity contribution >= 4 is 35.6 Å². The first kappa shape index (κ1) is 25.9. The summed E-state index contributed by atoms with van der Waals surface area (Å²) in [5, 5.41) is 6.76. The van der Waals surface area contributed by atoms with Gasteiger partial charge >= 0.3 is 0 Å². The number of para-hydroxylation sites is 1. The van der Waals surface area contributed by atoms with Crippen LogP contribution in [0.5, 0.6) is 0 Å². The molecular formula is C20H38IN5O. The molecule has 6 nitrogen and oxygen atoms in total. The number of nitrogens with one attached hydrogen (secondary N) is 2. The molecule has 0 spiro atoms. The quantitative estimate of drug-likeness (QED) is 0.192. The summed E-state index contributed by atoms with van der Waals surface area (Å²) in [6, 6.07) is 10.5. The van der Waals surface area contributed by atoms with Crippen molar-refractivity contribution in [2.45, 2.75) is 19.3 Å². The Kier molecular flexibility index (Phi) is 16.4. The first-order chi connectivity index (χ1) is 12.7. The molecule has 27 heavy (non-hydrogen) atoms. The predicted octanol–water partition coefficient (Wildman–Crippen LogP) is 2.65. The highest BCUT2D eigenvalue weighted by molar-refractivity contribution is 14.0. The smallest absolute Gasteiger partial charge is 0.191 e. The minimum atomic E-state index is 0. The van der Waals surface area contributed by atoms with Gasteiger partial charge in [-0.05, 0) is 38.4 Å². The third-order valence-corrected chi connectivity index (χ3v) is 4.31. The van der Waals surface area contributed by atoms with Gasteiger partial charge in [-0.15, -0.1) is 24.0 Å². The Morgan fingerprint density at radius 1 is 0.963 bits per heavy atom. The Balaban J connectivity index is 0.00000676. The first-order valence-electron chi connectivity index (χ1n) is 9.55. The second-order valence-corrected chi connectivity index (χ2v) is 6.54. The second kappa shape index (κ2) is 17.1. The number of anilines is 1. The highest BCUT2D eigenvalue weighted by atomic mass is 127. The Morgan fingerprint density at radius 3 is 2.33 bits per heavy atom. The minimum Gasteiger partial charge on any atom is -0.385 e. The number of rotatable bonds is 13. The summed E-state index contributed by atoms with van der Waals surface area (Å²) in [7, 11) is 7.85. The fraction of sp³-hybridized carbons (Fsp3) is 0.650. The Hall–Kier alpha value is -1.06. The van der Waals surface area contributed by atoms with Crippen molar-refractivity contribution < 1.29 is 4.74 Å². The van der Waals surface area contributed by atoms with Crippen LogP contribution in [0, 0.1) is 0 Å². The maximum atomic E-state index is 5.08. The van der Waals surface area contributed by atoms with Crippen molar-refractivity contribution in [2.75, 3.05) is 72.5 Å². The van der Waals surface area contributed by atoms with Gasteiger partial charge in [-0.2, -0.15) is 0 Å². The van der Waals surface area contributed by atoms with Crippen molar-refractivity contribution in [1.29, 1.82) is 0 Å². The van der Waals surface area contributed by atoms with Crippen LogP contribution in [-0.4, -0.2) is 78.4 Å². The van der Waals surface area contributed by atoms with Gasteiger partial charge in [0.15, 0.2) is 5.96 Å². The Bertz CT molecular complexity index is 487. The van der Waals surface area contributed by atoms with Gasteiger partial charge in [0.05, 0.1) is 0 Å². The van der Waals surface area contributed by atoms with Gasteiger partial charge in [0.2, 0.25) is 0 Å². The molecule has 0 saturated carbocycles. The lowest BCUT2D eigenvalue weighted by Gasteiger charge is -2.20. The van der Waals surface area contributed by atoms with Crippen LogP contribution in [0.3, 0.4) is 0 Å². The number of methoxy groups -OCH3 is 1. The lowest BCUT2D eigenvalue weighted by atomic mass is 10.2. The van der Waals surface area contributed by atoms with Gasteiger partial charge in [0, 0.05) is 66.2 Å². The highest BCUT2D eigenvalue weighted by Crippen LogP contribution is 2.11. The lowest BCUT2D eigenvalue weighted by molar-refractivity contribution is 0.180. The van der Waals surface area contributed by atoms with Crippen molar-refractivity contribution in [3.05, 3.63) is 30.3 Å². The zero-order chi connectivity index (χ0) is 19.0. The van der Waals surface area contributed by atoms with E-state index in [-0.39, 0.29) is 24.0 Å². The SMILES string of the molecule is CN=C(NCCCCN(C)c1ccccc1)NCCN(C)CCCOC.I. The molecular weight excluding hydrogens is 453 g/mol. The van der Waals surface area contributed by atoms with E-state index in [2.05, 4.69) is 69.9 Å². The first-order valence-corrected chi connectivity index (χ1v) is 9.55. The summed E-state index contributed by atoms with van der Waals surface area (Å²) in [6.07, 6.45) is 3.34.